The van der Waals surface area contributed by atoms with Crippen molar-refractivity contribution in [1.29, 1.82) is 0 Å². The van der Waals surface area contributed by atoms with Crippen LogP contribution >= 0.6 is 11.3 Å². The molecule has 0 bridgehead atoms. The number of hydrogen-bond acceptors (Lipinski definition) is 5. The van der Waals surface area contributed by atoms with Gasteiger partial charge in [0.1, 0.15) is 9.88 Å². The fourth-order valence-electron chi connectivity index (χ4n) is 1.58. The average Bonchev–Trinajstić information content (AvgIpc) is 2.85. The second-order valence-electron chi connectivity index (χ2n) is 4.18. The smallest absolute Gasteiger partial charge is 0.350 e. The average molecular weight is 308 g/mol. The molecule has 1 aromatic heterocycles. The van der Waals surface area contributed by atoms with E-state index >= 15 is 0 Å². The van der Waals surface area contributed by atoms with E-state index in [1.165, 1.54) is 11.3 Å². The summed E-state index contributed by atoms with van der Waals surface area (Å²) in [6, 6.07) is -0.0964. The molecule has 0 fully saturated rings. The van der Waals surface area contributed by atoms with E-state index < -0.39 is 0 Å². The van der Waals surface area contributed by atoms with E-state index in [1.807, 2.05) is 6.92 Å². The maximum Gasteiger partial charge on any atom is 0.350 e. The van der Waals surface area contributed by atoms with Crippen molar-refractivity contribution in [2.24, 2.45) is 4.99 Å². The molecule has 1 aromatic rings. The van der Waals surface area contributed by atoms with Gasteiger partial charge in [0, 0.05) is 7.05 Å². The van der Waals surface area contributed by atoms with Gasteiger partial charge >= 0.3 is 5.97 Å². The van der Waals surface area contributed by atoms with Gasteiger partial charge in [0.2, 0.25) is 0 Å². The highest BCUT2D eigenvalue weighted by atomic mass is 32.1. The van der Waals surface area contributed by atoms with Gasteiger partial charge in [-0.2, -0.15) is 0 Å². The largest absolute Gasteiger partial charge is 0.462 e. The monoisotopic (exact) mass is 308 g/mol. The molecule has 0 aromatic carbocycles. The summed E-state index contributed by atoms with van der Waals surface area (Å²) in [6.07, 6.45) is 5.20. The van der Waals surface area contributed by atoms with E-state index in [0.29, 0.717) is 29.7 Å². The lowest BCUT2D eigenvalue weighted by Gasteiger charge is -2.14. The van der Waals surface area contributed by atoms with Crippen molar-refractivity contribution in [3.8, 4) is 12.3 Å². The van der Waals surface area contributed by atoms with Crippen LogP contribution in [0.25, 0.3) is 0 Å². The predicted molar refractivity (Wildman–Crippen MR) is 84.6 cm³/mol. The van der Waals surface area contributed by atoms with Crippen LogP contribution in [0.15, 0.2) is 4.99 Å². The minimum absolute atomic E-state index is 0.0964. The molecule has 21 heavy (non-hydrogen) atoms. The number of terminal acetylenes is 1. The first kappa shape index (κ1) is 17.0. The molecule has 0 saturated heterocycles. The topological polar surface area (TPSA) is 75.6 Å². The second-order valence-corrected chi connectivity index (χ2v) is 5.21. The number of rotatable bonds is 5. The highest BCUT2D eigenvalue weighted by Gasteiger charge is 2.19. The summed E-state index contributed by atoms with van der Waals surface area (Å²) in [5.74, 6) is 2.74. The molecule has 1 heterocycles. The molecule has 114 valence electrons. The molecule has 6 nitrogen and oxygen atoms in total. The Morgan fingerprint density at radius 1 is 1.62 bits per heavy atom. The first-order valence-corrected chi connectivity index (χ1v) is 7.40. The molecule has 0 aliphatic heterocycles. The normalized spacial score (nSPS) is 12.4. The number of hydrogen-bond donors (Lipinski definition) is 2. The Kier molecular flexibility index (Phi) is 6.69. The number of carbonyl (C=O) groups is 1. The van der Waals surface area contributed by atoms with Gasteiger partial charge < -0.3 is 15.4 Å². The van der Waals surface area contributed by atoms with Gasteiger partial charge in [-0.1, -0.05) is 5.92 Å². The highest BCUT2D eigenvalue weighted by Crippen LogP contribution is 2.24. The third kappa shape index (κ3) is 4.76. The maximum absolute atomic E-state index is 11.8. The molecule has 0 saturated carbocycles. The number of nitrogens with zero attached hydrogens (tertiary/aromatic N) is 2. The van der Waals surface area contributed by atoms with E-state index in [1.54, 1.807) is 20.9 Å². The molecule has 0 aliphatic rings. The molecular formula is C14H20N4O2S. The third-order valence-electron chi connectivity index (χ3n) is 2.58. The van der Waals surface area contributed by atoms with Crippen LogP contribution in [0.4, 0.5) is 0 Å². The SMILES string of the molecule is C#CCNC(=NC)NC(C)c1nc(C)c(C(=O)OCC)s1. The standard InChI is InChI=1S/C14H20N4O2S/c1-6-8-16-14(15-5)18-10(4)12-17-9(3)11(21-12)13(19)20-7-2/h1,10H,7-8H2,2-5H3,(H2,15,16,18). The van der Waals surface area contributed by atoms with Crippen molar-refractivity contribution >= 4 is 23.3 Å². The lowest BCUT2D eigenvalue weighted by Crippen LogP contribution is -2.38. The minimum Gasteiger partial charge on any atom is -0.462 e. The first-order valence-electron chi connectivity index (χ1n) is 6.58. The van der Waals surface area contributed by atoms with Crippen LogP contribution in [0.2, 0.25) is 0 Å². The lowest BCUT2D eigenvalue weighted by molar-refractivity contribution is 0.0531. The zero-order valence-electron chi connectivity index (χ0n) is 12.7. The molecule has 0 amide bonds. The van der Waals surface area contributed by atoms with Crippen LogP contribution in [-0.4, -0.2) is 37.1 Å². The molecule has 0 aliphatic carbocycles. The molecule has 1 atom stereocenters. The Morgan fingerprint density at radius 3 is 2.90 bits per heavy atom. The number of esters is 1. The van der Waals surface area contributed by atoms with E-state index in [0.717, 1.165) is 5.01 Å². The zero-order chi connectivity index (χ0) is 15.8. The van der Waals surface area contributed by atoms with Crippen molar-refractivity contribution in [3.63, 3.8) is 0 Å². The predicted octanol–water partition coefficient (Wildman–Crippen LogP) is 1.49. The maximum atomic E-state index is 11.8. The summed E-state index contributed by atoms with van der Waals surface area (Å²) >= 11 is 1.32. The lowest BCUT2D eigenvalue weighted by atomic mass is 10.3. The Bertz CT molecular complexity index is 560. The number of nitrogens with one attached hydrogen (secondary N) is 2. The van der Waals surface area contributed by atoms with Crippen LogP contribution in [0.1, 0.15) is 40.3 Å². The molecule has 0 spiro atoms. The highest BCUT2D eigenvalue weighted by molar-refractivity contribution is 7.13. The van der Waals surface area contributed by atoms with Crippen molar-refractivity contribution in [2.45, 2.75) is 26.8 Å². The molecule has 7 heteroatoms. The molecule has 1 unspecified atom stereocenters. The van der Waals surface area contributed by atoms with Gasteiger partial charge in [-0.3, -0.25) is 4.99 Å². The molecule has 1 rings (SSSR count). The number of ether oxygens (including phenoxy) is 1. The van der Waals surface area contributed by atoms with Crippen LogP contribution in [-0.2, 0) is 4.74 Å². The quantitative estimate of drug-likeness (QED) is 0.373. The number of carbonyl (C=O) groups excluding carboxylic acids is 1. The summed E-state index contributed by atoms with van der Waals surface area (Å²) in [6.45, 7) is 6.25. The summed E-state index contributed by atoms with van der Waals surface area (Å²) < 4.78 is 5.01. The fraction of sp³-hybridized carbons (Fsp3) is 0.500. The van der Waals surface area contributed by atoms with E-state index in [-0.39, 0.29) is 12.0 Å². The Labute approximate surface area is 129 Å². The minimum atomic E-state index is -0.333. The van der Waals surface area contributed by atoms with Crippen molar-refractivity contribution < 1.29 is 9.53 Å². The van der Waals surface area contributed by atoms with Crippen LogP contribution < -0.4 is 10.6 Å². The van der Waals surface area contributed by atoms with Crippen LogP contribution in [0, 0.1) is 19.3 Å². The van der Waals surface area contributed by atoms with Crippen molar-refractivity contribution in [2.75, 3.05) is 20.2 Å². The number of aryl methyl sites for hydroxylation is 1. The first-order chi connectivity index (χ1) is 10.0. The van der Waals surface area contributed by atoms with Crippen LogP contribution in [0.3, 0.4) is 0 Å². The summed E-state index contributed by atoms with van der Waals surface area (Å²) in [7, 11) is 1.66. The van der Waals surface area contributed by atoms with Gasteiger partial charge in [0.25, 0.3) is 0 Å². The summed E-state index contributed by atoms with van der Waals surface area (Å²) in [5, 5.41) is 6.93. The van der Waals surface area contributed by atoms with E-state index in [4.69, 9.17) is 11.2 Å². The van der Waals surface area contributed by atoms with E-state index in [9.17, 15) is 4.79 Å². The van der Waals surface area contributed by atoms with Gasteiger partial charge in [0.15, 0.2) is 5.96 Å². The van der Waals surface area contributed by atoms with Crippen LogP contribution in [0.5, 0.6) is 0 Å². The number of aliphatic imine (C=N–C) groups is 1. The zero-order valence-corrected chi connectivity index (χ0v) is 13.5. The summed E-state index contributed by atoms with van der Waals surface area (Å²) in [4.78, 5) is 20.8. The molecule has 2 N–H and O–H groups in total. The third-order valence-corrected chi connectivity index (χ3v) is 3.90. The van der Waals surface area contributed by atoms with Gasteiger partial charge in [0.05, 0.1) is 24.9 Å². The number of aromatic nitrogens is 1. The fourth-order valence-corrected chi connectivity index (χ4v) is 2.55. The van der Waals surface area contributed by atoms with Gasteiger partial charge in [-0.05, 0) is 20.8 Å². The van der Waals surface area contributed by atoms with Gasteiger partial charge in [-0.15, -0.1) is 17.8 Å². The Morgan fingerprint density at radius 2 is 2.33 bits per heavy atom. The second kappa shape index (κ2) is 8.27. The molecular weight excluding hydrogens is 288 g/mol. The van der Waals surface area contributed by atoms with E-state index in [2.05, 4.69) is 26.5 Å². The Hall–Kier alpha value is -2.07. The molecule has 0 radical (unpaired) electrons. The van der Waals surface area contributed by atoms with Gasteiger partial charge in [-0.25, -0.2) is 9.78 Å². The van der Waals surface area contributed by atoms with Crippen molar-refractivity contribution in [3.05, 3.63) is 15.6 Å². The number of thiazole rings is 1. The van der Waals surface area contributed by atoms with Crippen molar-refractivity contribution in [1.82, 2.24) is 15.6 Å². The Balaban J connectivity index is 2.79. The summed E-state index contributed by atoms with van der Waals surface area (Å²) in [5.41, 5.74) is 0.675. The number of guanidine groups is 1.